The van der Waals surface area contributed by atoms with Crippen LogP contribution < -0.4 is 10.3 Å². The van der Waals surface area contributed by atoms with Gasteiger partial charge in [0.15, 0.2) is 5.16 Å². The molecule has 0 bridgehead atoms. The zero-order valence-electron chi connectivity index (χ0n) is 18.0. The molecule has 1 amide bonds. The molecular formula is C22H27N5O3S. The van der Waals surface area contributed by atoms with Gasteiger partial charge in [-0.15, -0.1) is 0 Å². The summed E-state index contributed by atoms with van der Waals surface area (Å²) < 4.78 is 7.78. The van der Waals surface area contributed by atoms with Crippen molar-refractivity contribution in [3.05, 3.63) is 39.1 Å². The van der Waals surface area contributed by atoms with Crippen molar-refractivity contribution in [1.29, 1.82) is 0 Å². The second-order valence-electron chi connectivity index (χ2n) is 8.67. The fourth-order valence-electron chi connectivity index (χ4n) is 4.79. The number of carbonyl (C=O) groups is 1. The smallest absolute Gasteiger partial charge is 0.317 e. The molecule has 4 heterocycles. The Kier molecular flexibility index (Phi) is 5.45. The summed E-state index contributed by atoms with van der Waals surface area (Å²) in [7, 11) is 0. The second-order valence-corrected chi connectivity index (χ2v) is 9.66. The van der Waals surface area contributed by atoms with E-state index in [4.69, 9.17) is 9.72 Å². The lowest BCUT2D eigenvalue weighted by Gasteiger charge is -2.33. The number of aryl methyl sites for hydroxylation is 3. The van der Waals surface area contributed by atoms with E-state index in [2.05, 4.69) is 9.97 Å². The minimum atomic E-state index is -0.123. The Balaban J connectivity index is 1.26. The Morgan fingerprint density at radius 2 is 2.00 bits per heavy atom. The fraction of sp³-hybridized carbons (Fsp3) is 0.591. The van der Waals surface area contributed by atoms with Crippen LogP contribution in [-0.4, -0.2) is 55.3 Å². The van der Waals surface area contributed by atoms with Gasteiger partial charge < -0.3 is 9.64 Å². The number of fused-ring (bicyclic) bond motifs is 2. The van der Waals surface area contributed by atoms with E-state index in [-0.39, 0.29) is 23.6 Å². The third kappa shape index (κ3) is 4.07. The molecule has 9 heteroatoms. The van der Waals surface area contributed by atoms with Gasteiger partial charge in [-0.1, -0.05) is 11.8 Å². The largest absolute Gasteiger partial charge is 0.458 e. The van der Waals surface area contributed by atoms with E-state index in [0.717, 1.165) is 72.2 Å². The van der Waals surface area contributed by atoms with Gasteiger partial charge in [0.2, 0.25) is 5.91 Å². The highest BCUT2D eigenvalue weighted by Gasteiger charge is 2.33. The molecule has 0 radical (unpaired) electrons. The first-order valence-corrected chi connectivity index (χ1v) is 12.0. The molecule has 31 heavy (non-hydrogen) atoms. The second kappa shape index (κ2) is 8.26. The molecule has 2 atom stereocenters. The minimum Gasteiger partial charge on any atom is -0.458 e. The van der Waals surface area contributed by atoms with E-state index in [9.17, 15) is 9.59 Å². The zero-order valence-corrected chi connectivity index (χ0v) is 18.8. The molecule has 0 saturated carbocycles. The highest BCUT2D eigenvalue weighted by atomic mass is 32.2. The fourth-order valence-corrected chi connectivity index (χ4v) is 5.94. The summed E-state index contributed by atoms with van der Waals surface area (Å²) in [6.07, 6.45) is 4.66. The number of carbonyl (C=O) groups excluding carboxylic acids is 1. The van der Waals surface area contributed by atoms with Crippen molar-refractivity contribution in [2.75, 3.05) is 18.8 Å². The summed E-state index contributed by atoms with van der Waals surface area (Å²) in [4.78, 5) is 41.4. The van der Waals surface area contributed by atoms with Crippen LogP contribution in [0.4, 0.5) is 0 Å². The Bertz CT molecular complexity index is 1070. The minimum absolute atomic E-state index is 0.0621. The van der Waals surface area contributed by atoms with Crippen LogP contribution in [0.2, 0.25) is 0 Å². The van der Waals surface area contributed by atoms with Crippen LogP contribution in [0.3, 0.4) is 0 Å². The quantitative estimate of drug-likeness (QED) is 0.672. The summed E-state index contributed by atoms with van der Waals surface area (Å²) in [5.41, 5.74) is 3.61. The lowest BCUT2D eigenvalue weighted by Crippen LogP contribution is -2.45. The van der Waals surface area contributed by atoms with Gasteiger partial charge in [0.1, 0.15) is 6.10 Å². The van der Waals surface area contributed by atoms with Crippen molar-refractivity contribution in [1.82, 2.24) is 24.4 Å². The summed E-state index contributed by atoms with van der Waals surface area (Å²) in [5, 5.41) is 0.773. The zero-order chi connectivity index (χ0) is 21.5. The topological polar surface area (TPSA) is 90.2 Å². The van der Waals surface area contributed by atoms with Crippen LogP contribution in [0.15, 0.2) is 16.0 Å². The van der Waals surface area contributed by atoms with Gasteiger partial charge in [0.25, 0.3) is 5.56 Å². The Morgan fingerprint density at radius 1 is 1.19 bits per heavy atom. The SMILES string of the molecule is Cc1cc(C)nc(OC2CCCN(C(=O)CC3CSc4nc5c(c(=O)n43)CCC5)C2)n1. The predicted molar refractivity (Wildman–Crippen MR) is 117 cm³/mol. The highest BCUT2D eigenvalue weighted by Crippen LogP contribution is 2.34. The summed E-state index contributed by atoms with van der Waals surface area (Å²) in [6, 6.07) is 2.17. The molecule has 1 aliphatic carbocycles. The number of thioether (sulfide) groups is 1. The lowest BCUT2D eigenvalue weighted by atomic mass is 10.1. The summed E-state index contributed by atoms with van der Waals surface area (Å²) in [5.74, 6) is 0.793. The normalized spacial score (nSPS) is 22.3. The lowest BCUT2D eigenvalue weighted by molar-refractivity contribution is -0.134. The molecule has 2 aromatic heterocycles. The third-order valence-corrected chi connectivity index (χ3v) is 7.34. The van der Waals surface area contributed by atoms with Crippen LogP contribution in [0.5, 0.6) is 6.01 Å². The first-order valence-electron chi connectivity index (χ1n) is 11.0. The summed E-state index contributed by atoms with van der Waals surface area (Å²) in [6.45, 7) is 5.08. The van der Waals surface area contributed by atoms with Crippen molar-refractivity contribution >= 4 is 17.7 Å². The number of hydrogen-bond donors (Lipinski definition) is 0. The van der Waals surface area contributed by atoms with Crippen LogP contribution in [0.25, 0.3) is 0 Å². The first kappa shape index (κ1) is 20.5. The molecule has 3 aliphatic rings. The number of ether oxygens (including phenoxy) is 1. The van der Waals surface area contributed by atoms with E-state index in [1.165, 1.54) is 0 Å². The van der Waals surface area contributed by atoms with Gasteiger partial charge in [-0.3, -0.25) is 14.2 Å². The molecule has 0 N–H and O–H groups in total. The number of rotatable bonds is 4. The van der Waals surface area contributed by atoms with E-state index < -0.39 is 0 Å². The van der Waals surface area contributed by atoms with Crippen LogP contribution >= 0.6 is 11.8 Å². The van der Waals surface area contributed by atoms with Crippen LogP contribution in [0, 0.1) is 13.8 Å². The van der Waals surface area contributed by atoms with Crippen molar-refractivity contribution in [3.63, 3.8) is 0 Å². The first-order chi connectivity index (χ1) is 15.0. The molecule has 2 unspecified atom stereocenters. The molecule has 5 rings (SSSR count). The van der Waals surface area contributed by atoms with E-state index in [0.29, 0.717) is 19.0 Å². The van der Waals surface area contributed by atoms with Crippen molar-refractivity contribution in [2.24, 2.45) is 0 Å². The summed E-state index contributed by atoms with van der Waals surface area (Å²) >= 11 is 1.59. The molecule has 1 saturated heterocycles. The average molecular weight is 442 g/mol. The molecule has 0 spiro atoms. The number of amides is 1. The maximum atomic E-state index is 13.1. The molecule has 0 aromatic carbocycles. The molecule has 2 aliphatic heterocycles. The Labute approximate surface area is 185 Å². The number of likely N-dealkylation sites (tertiary alicyclic amines) is 1. The van der Waals surface area contributed by atoms with Gasteiger partial charge in [-0.05, 0) is 52.0 Å². The number of nitrogens with zero attached hydrogens (tertiary/aromatic N) is 5. The highest BCUT2D eigenvalue weighted by molar-refractivity contribution is 7.99. The molecular weight excluding hydrogens is 414 g/mol. The van der Waals surface area contributed by atoms with Gasteiger partial charge in [0.05, 0.1) is 18.3 Å². The molecule has 164 valence electrons. The van der Waals surface area contributed by atoms with Gasteiger partial charge in [-0.2, -0.15) is 0 Å². The Hall–Kier alpha value is -2.42. The number of aromatic nitrogens is 4. The number of piperidine rings is 1. The van der Waals surface area contributed by atoms with Crippen LogP contribution in [-0.2, 0) is 17.6 Å². The van der Waals surface area contributed by atoms with Crippen molar-refractivity contribution in [2.45, 2.75) is 69.7 Å². The monoisotopic (exact) mass is 441 g/mol. The van der Waals surface area contributed by atoms with Crippen molar-refractivity contribution in [3.8, 4) is 6.01 Å². The molecule has 1 fully saturated rings. The van der Waals surface area contributed by atoms with Gasteiger partial charge >= 0.3 is 6.01 Å². The van der Waals surface area contributed by atoms with Crippen LogP contribution in [0.1, 0.15) is 54.4 Å². The molecule has 2 aromatic rings. The molecule has 8 nitrogen and oxygen atoms in total. The standard InChI is InChI=1S/C22H27N5O3S/c1-13-9-14(2)24-21(23-13)30-16-5-4-8-26(11-16)19(28)10-15-12-31-22-25-18-7-3-6-17(18)20(29)27(15)22/h9,15-16H,3-8,10-12H2,1-2H3. The maximum absolute atomic E-state index is 13.1. The Morgan fingerprint density at radius 3 is 2.81 bits per heavy atom. The van der Waals surface area contributed by atoms with Gasteiger partial charge in [-0.25, -0.2) is 15.0 Å². The average Bonchev–Trinajstić information content (AvgIpc) is 3.35. The van der Waals surface area contributed by atoms with E-state index in [1.54, 1.807) is 16.3 Å². The van der Waals surface area contributed by atoms with E-state index in [1.807, 2.05) is 24.8 Å². The maximum Gasteiger partial charge on any atom is 0.317 e. The van der Waals surface area contributed by atoms with Gasteiger partial charge in [0, 0.05) is 35.7 Å². The number of hydrogen-bond acceptors (Lipinski definition) is 7. The third-order valence-electron chi connectivity index (χ3n) is 6.25. The van der Waals surface area contributed by atoms with Crippen molar-refractivity contribution < 1.29 is 9.53 Å². The van der Waals surface area contributed by atoms with E-state index >= 15 is 0 Å². The predicted octanol–water partition coefficient (Wildman–Crippen LogP) is 2.25.